The Balaban J connectivity index is 1.68. The largest absolute Gasteiger partial charge is 0.352 e. The molecule has 1 amide bonds. The first kappa shape index (κ1) is 17.2. The van der Waals surface area contributed by atoms with Crippen LogP contribution in [0.25, 0.3) is 0 Å². The van der Waals surface area contributed by atoms with Gasteiger partial charge in [-0.25, -0.2) is 8.42 Å². The summed E-state index contributed by atoms with van der Waals surface area (Å²) in [6.07, 6.45) is 0.839. The minimum Gasteiger partial charge on any atom is -0.352 e. The molecule has 0 bridgehead atoms. The summed E-state index contributed by atoms with van der Waals surface area (Å²) in [7, 11) is -3.69. The van der Waals surface area contributed by atoms with Crippen LogP contribution in [0.1, 0.15) is 5.56 Å². The van der Waals surface area contributed by atoms with Crippen LogP contribution in [0, 0.1) is 6.92 Å². The predicted molar refractivity (Wildman–Crippen MR) is 93.9 cm³/mol. The molecule has 0 radical (unpaired) electrons. The standard InChI is InChI=1S/C16H19N5O3S/c1-13-2-4-14(5-3-13)25(23,24)19-15-6-7-16(18-17-15)21-10-8-20(12-22)9-11-21/h2-7,12H,8-11H2,1H3,(H,17,19). The maximum absolute atomic E-state index is 12.3. The number of carbonyl (C=O) groups is 1. The fourth-order valence-electron chi connectivity index (χ4n) is 2.52. The first-order chi connectivity index (χ1) is 12.0. The molecule has 9 heteroatoms. The molecule has 0 atom stereocenters. The van der Waals surface area contributed by atoms with Gasteiger partial charge in [0, 0.05) is 26.2 Å². The number of hydrogen-bond donors (Lipinski definition) is 1. The van der Waals surface area contributed by atoms with Crippen molar-refractivity contribution in [2.75, 3.05) is 35.8 Å². The van der Waals surface area contributed by atoms with Crippen LogP contribution in [0.5, 0.6) is 0 Å². The summed E-state index contributed by atoms with van der Waals surface area (Å²) < 4.78 is 27.1. The third kappa shape index (κ3) is 4.05. The molecule has 0 spiro atoms. The van der Waals surface area contributed by atoms with E-state index in [0.717, 1.165) is 12.0 Å². The molecule has 0 unspecified atom stereocenters. The minimum atomic E-state index is -3.69. The zero-order valence-corrected chi connectivity index (χ0v) is 14.6. The second-order valence-corrected chi connectivity index (χ2v) is 7.51. The average Bonchev–Trinajstić information content (AvgIpc) is 2.62. The van der Waals surface area contributed by atoms with Gasteiger partial charge in [-0.2, -0.15) is 0 Å². The van der Waals surface area contributed by atoms with E-state index in [1.165, 1.54) is 0 Å². The van der Waals surface area contributed by atoms with Crippen molar-refractivity contribution < 1.29 is 13.2 Å². The van der Waals surface area contributed by atoms with Gasteiger partial charge >= 0.3 is 0 Å². The predicted octanol–water partition coefficient (Wildman–Crippen LogP) is 0.864. The number of anilines is 2. The molecule has 1 aliphatic rings. The van der Waals surface area contributed by atoms with Gasteiger partial charge in [-0.1, -0.05) is 17.7 Å². The number of amides is 1. The van der Waals surface area contributed by atoms with E-state index in [-0.39, 0.29) is 10.7 Å². The van der Waals surface area contributed by atoms with E-state index in [2.05, 4.69) is 14.9 Å². The molecule has 1 fully saturated rings. The fourth-order valence-corrected chi connectivity index (χ4v) is 3.52. The lowest BCUT2D eigenvalue weighted by atomic mass is 10.2. The Kier molecular flexibility index (Phi) is 4.84. The number of nitrogens with one attached hydrogen (secondary N) is 1. The fraction of sp³-hybridized carbons (Fsp3) is 0.312. The molecule has 1 aromatic carbocycles. The highest BCUT2D eigenvalue weighted by Crippen LogP contribution is 2.17. The number of aryl methyl sites for hydroxylation is 1. The topological polar surface area (TPSA) is 95.5 Å². The number of hydrogen-bond acceptors (Lipinski definition) is 6. The molecule has 132 valence electrons. The second kappa shape index (κ2) is 7.06. The maximum atomic E-state index is 12.3. The van der Waals surface area contributed by atoms with Crippen LogP contribution in [0.4, 0.5) is 11.6 Å². The van der Waals surface area contributed by atoms with Crippen molar-refractivity contribution in [2.45, 2.75) is 11.8 Å². The van der Waals surface area contributed by atoms with Gasteiger partial charge in [0.2, 0.25) is 6.41 Å². The Bertz CT molecular complexity index is 829. The number of piperazine rings is 1. The number of nitrogens with zero attached hydrogens (tertiary/aromatic N) is 4. The van der Waals surface area contributed by atoms with Crippen molar-refractivity contribution >= 4 is 28.1 Å². The molecular formula is C16H19N5O3S. The number of rotatable bonds is 5. The van der Waals surface area contributed by atoms with E-state index >= 15 is 0 Å². The van der Waals surface area contributed by atoms with E-state index in [0.29, 0.717) is 32.0 Å². The van der Waals surface area contributed by atoms with Crippen LogP contribution in [-0.2, 0) is 14.8 Å². The van der Waals surface area contributed by atoms with Crippen LogP contribution < -0.4 is 9.62 Å². The second-order valence-electron chi connectivity index (χ2n) is 5.82. The highest BCUT2D eigenvalue weighted by atomic mass is 32.2. The van der Waals surface area contributed by atoms with Gasteiger partial charge in [-0.15, -0.1) is 10.2 Å². The van der Waals surface area contributed by atoms with Gasteiger partial charge in [0.1, 0.15) is 0 Å². The lowest BCUT2D eigenvalue weighted by molar-refractivity contribution is -0.118. The van der Waals surface area contributed by atoms with Crippen LogP contribution in [0.3, 0.4) is 0 Å². The molecule has 0 saturated carbocycles. The molecule has 1 N–H and O–H groups in total. The number of benzene rings is 1. The summed E-state index contributed by atoms with van der Waals surface area (Å²) in [4.78, 5) is 14.6. The minimum absolute atomic E-state index is 0.163. The van der Waals surface area contributed by atoms with Gasteiger partial charge in [0.05, 0.1) is 4.90 Å². The Hall–Kier alpha value is -2.68. The van der Waals surface area contributed by atoms with Crippen molar-refractivity contribution in [3.05, 3.63) is 42.0 Å². The Morgan fingerprint density at radius 2 is 1.68 bits per heavy atom. The lowest BCUT2D eigenvalue weighted by Crippen LogP contribution is -2.46. The van der Waals surface area contributed by atoms with Crippen molar-refractivity contribution in [3.8, 4) is 0 Å². The lowest BCUT2D eigenvalue weighted by Gasteiger charge is -2.32. The highest BCUT2D eigenvalue weighted by Gasteiger charge is 2.18. The van der Waals surface area contributed by atoms with Crippen LogP contribution in [-0.4, -0.2) is 56.1 Å². The summed E-state index contributed by atoms with van der Waals surface area (Å²) in [5.41, 5.74) is 0.984. The normalized spacial score (nSPS) is 15.1. The summed E-state index contributed by atoms with van der Waals surface area (Å²) in [6.45, 7) is 4.49. The number of aromatic nitrogens is 2. The summed E-state index contributed by atoms with van der Waals surface area (Å²) in [5, 5.41) is 8.04. The van der Waals surface area contributed by atoms with Crippen LogP contribution >= 0.6 is 0 Å². The molecule has 0 aliphatic carbocycles. The van der Waals surface area contributed by atoms with Crippen molar-refractivity contribution in [1.29, 1.82) is 0 Å². The molecule has 8 nitrogen and oxygen atoms in total. The molecule has 1 aliphatic heterocycles. The number of sulfonamides is 1. The van der Waals surface area contributed by atoms with Gasteiger partial charge in [0.15, 0.2) is 11.6 Å². The molecule has 1 aromatic heterocycles. The first-order valence-corrected chi connectivity index (χ1v) is 9.34. The third-order valence-electron chi connectivity index (χ3n) is 4.01. The van der Waals surface area contributed by atoms with Crippen molar-refractivity contribution in [3.63, 3.8) is 0 Å². The Morgan fingerprint density at radius 1 is 1.00 bits per heavy atom. The molecule has 3 rings (SSSR count). The molecule has 25 heavy (non-hydrogen) atoms. The average molecular weight is 361 g/mol. The molecule has 1 saturated heterocycles. The van der Waals surface area contributed by atoms with E-state index in [1.807, 2.05) is 11.8 Å². The molecule has 2 heterocycles. The van der Waals surface area contributed by atoms with Gasteiger partial charge in [-0.05, 0) is 31.2 Å². The van der Waals surface area contributed by atoms with E-state index in [9.17, 15) is 13.2 Å². The van der Waals surface area contributed by atoms with E-state index in [4.69, 9.17) is 0 Å². The van der Waals surface area contributed by atoms with E-state index < -0.39 is 10.0 Å². The maximum Gasteiger partial charge on any atom is 0.263 e. The van der Waals surface area contributed by atoms with Crippen LogP contribution in [0.15, 0.2) is 41.3 Å². The van der Waals surface area contributed by atoms with Gasteiger partial charge in [-0.3, -0.25) is 9.52 Å². The monoisotopic (exact) mass is 361 g/mol. The zero-order chi connectivity index (χ0) is 17.9. The number of carbonyl (C=O) groups excluding carboxylic acids is 1. The Morgan fingerprint density at radius 3 is 2.24 bits per heavy atom. The van der Waals surface area contributed by atoms with Gasteiger partial charge in [0.25, 0.3) is 10.0 Å². The first-order valence-electron chi connectivity index (χ1n) is 7.85. The summed E-state index contributed by atoms with van der Waals surface area (Å²) >= 11 is 0. The summed E-state index contributed by atoms with van der Waals surface area (Å²) in [6, 6.07) is 9.87. The zero-order valence-electron chi connectivity index (χ0n) is 13.8. The summed E-state index contributed by atoms with van der Waals surface area (Å²) in [5.74, 6) is 0.819. The molecule has 2 aromatic rings. The Labute approximate surface area is 146 Å². The smallest absolute Gasteiger partial charge is 0.263 e. The molecular weight excluding hydrogens is 342 g/mol. The van der Waals surface area contributed by atoms with E-state index in [1.54, 1.807) is 41.3 Å². The quantitative estimate of drug-likeness (QED) is 0.794. The van der Waals surface area contributed by atoms with Gasteiger partial charge < -0.3 is 9.80 Å². The highest BCUT2D eigenvalue weighted by molar-refractivity contribution is 7.92. The SMILES string of the molecule is Cc1ccc(S(=O)(=O)Nc2ccc(N3CCN(C=O)CC3)nn2)cc1. The van der Waals surface area contributed by atoms with Crippen molar-refractivity contribution in [1.82, 2.24) is 15.1 Å². The van der Waals surface area contributed by atoms with Crippen LogP contribution in [0.2, 0.25) is 0 Å². The third-order valence-corrected chi connectivity index (χ3v) is 5.38. The van der Waals surface area contributed by atoms with Crippen molar-refractivity contribution in [2.24, 2.45) is 0 Å².